The second-order valence-corrected chi connectivity index (χ2v) is 11.3. The molecule has 0 bridgehead atoms. The van der Waals surface area contributed by atoms with Gasteiger partial charge in [0, 0.05) is 31.0 Å². The van der Waals surface area contributed by atoms with Gasteiger partial charge in [0.2, 0.25) is 5.95 Å². The number of halogens is 1. The van der Waals surface area contributed by atoms with Crippen molar-refractivity contribution in [3.63, 3.8) is 0 Å². The lowest BCUT2D eigenvalue weighted by Crippen LogP contribution is -2.49. The Kier molecular flexibility index (Phi) is 6.88. The number of morpholine rings is 1. The smallest absolute Gasteiger partial charge is 0.375 e. The van der Waals surface area contributed by atoms with E-state index in [0.717, 1.165) is 47.2 Å². The van der Waals surface area contributed by atoms with Crippen LogP contribution in [0.25, 0.3) is 22.3 Å². The van der Waals surface area contributed by atoms with Crippen LogP contribution in [-0.4, -0.2) is 50.9 Å². The summed E-state index contributed by atoms with van der Waals surface area (Å²) in [5.74, 6) is 2.26. The maximum Gasteiger partial charge on any atom is 0.427 e. The number of pyridine rings is 2. The average molecular weight is 540 g/mol. The predicted octanol–water partition coefficient (Wildman–Crippen LogP) is 4.83. The molecule has 6 rings (SSSR count). The number of carbonyl (C=O) groups is 1. The first-order valence-electron chi connectivity index (χ1n) is 13.5. The summed E-state index contributed by atoms with van der Waals surface area (Å²) in [5.41, 5.74) is 6.59. The molecule has 11 heteroatoms. The van der Waals surface area contributed by atoms with Crippen LogP contribution in [-0.2, 0) is 16.1 Å². The fourth-order valence-electron chi connectivity index (χ4n) is 5.86. The second-order valence-electron chi connectivity index (χ2n) is 10.9. The lowest BCUT2D eigenvalue weighted by Gasteiger charge is -2.39. The molecule has 0 spiro atoms. The summed E-state index contributed by atoms with van der Waals surface area (Å²) in [4.78, 5) is 33.7. The van der Waals surface area contributed by atoms with E-state index in [4.69, 9.17) is 31.1 Å². The van der Waals surface area contributed by atoms with Crippen molar-refractivity contribution in [3.8, 4) is 11.3 Å². The van der Waals surface area contributed by atoms with Gasteiger partial charge in [-0.1, -0.05) is 31.4 Å². The van der Waals surface area contributed by atoms with Gasteiger partial charge in [-0.05, 0) is 50.7 Å². The van der Waals surface area contributed by atoms with Crippen molar-refractivity contribution in [1.29, 1.82) is 0 Å². The Balaban J connectivity index is 1.54. The van der Waals surface area contributed by atoms with E-state index in [0.29, 0.717) is 23.2 Å². The summed E-state index contributed by atoms with van der Waals surface area (Å²) in [5, 5.41) is 3.28. The maximum atomic E-state index is 11.8. The summed E-state index contributed by atoms with van der Waals surface area (Å²) in [6.45, 7) is 8.93. The maximum absolute atomic E-state index is 11.8. The first-order chi connectivity index (χ1) is 18.4. The number of nitrogens with one attached hydrogen (secondary N) is 2. The van der Waals surface area contributed by atoms with Gasteiger partial charge < -0.3 is 19.0 Å². The molecule has 2 aliphatic heterocycles. The molecule has 2 saturated heterocycles. The summed E-state index contributed by atoms with van der Waals surface area (Å²) >= 11 is 6.38. The summed E-state index contributed by atoms with van der Waals surface area (Å²) < 4.78 is 8.30. The van der Waals surface area contributed by atoms with Crippen LogP contribution in [0.5, 0.6) is 0 Å². The Hall–Kier alpha value is -2.95. The van der Waals surface area contributed by atoms with Gasteiger partial charge in [0.1, 0.15) is 0 Å². The van der Waals surface area contributed by atoms with Gasteiger partial charge >= 0.3 is 6.09 Å². The van der Waals surface area contributed by atoms with Crippen molar-refractivity contribution in [3.05, 3.63) is 35.2 Å². The molecule has 3 aromatic heterocycles. The van der Waals surface area contributed by atoms with E-state index in [1.165, 1.54) is 25.7 Å². The van der Waals surface area contributed by atoms with E-state index in [1.807, 2.05) is 12.1 Å². The highest BCUT2D eigenvalue weighted by molar-refractivity contribution is 6.30. The molecular formula is C27H34ClN7O3. The van der Waals surface area contributed by atoms with Crippen molar-refractivity contribution in [2.75, 3.05) is 18.1 Å². The Bertz CT molecular complexity index is 1340. The summed E-state index contributed by atoms with van der Waals surface area (Å²) in [7, 11) is 0. The van der Waals surface area contributed by atoms with Crippen molar-refractivity contribution in [2.45, 2.75) is 71.3 Å². The molecule has 3 aromatic rings. The number of rotatable bonds is 5. The zero-order valence-corrected chi connectivity index (χ0v) is 22.7. The Morgan fingerprint density at radius 1 is 1.11 bits per heavy atom. The second kappa shape index (κ2) is 10.3. The number of hydrogen-bond donors (Lipinski definition) is 2. The van der Waals surface area contributed by atoms with Gasteiger partial charge in [0.05, 0.1) is 46.2 Å². The van der Waals surface area contributed by atoms with Crippen LogP contribution in [0.2, 0.25) is 5.02 Å². The molecule has 1 aliphatic carbocycles. The van der Waals surface area contributed by atoms with Crippen LogP contribution in [0.4, 0.5) is 10.7 Å². The topological polar surface area (TPSA) is 106 Å². The normalized spacial score (nSPS) is 27.9. The van der Waals surface area contributed by atoms with Gasteiger partial charge in [-0.2, -0.15) is 0 Å². The monoisotopic (exact) mass is 539 g/mol. The quantitative estimate of drug-likeness (QED) is 0.475. The molecule has 3 aliphatic rings. The van der Waals surface area contributed by atoms with Crippen LogP contribution < -0.4 is 15.7 Å². The third-order valence-corrected chi connectivity index (χ3v) is 8.45. The zero-order chi connectivity index (χ0) is 26.4. The Labute approximate surface area is 227 Å². The molecule has 3 unspecified atom stereocenters. The molecule has 1 saturated carbocycles. The molecule has 202 valence electrons. The Morgan fingerprint density at radius 2 is 1.92 bits per heavy atom. The average Bonchev–Trinajstić information content (AvgIpc) is 3.50. The summed E-state index contributed by atoms with van der Waals surface area (Å²) in [6.07, 6.45) is 7.23. The molecule has 0 radical (unpaired) electrons. The van der Waals surface area contributed by atoms with Crippen molar-refractivity contribution < 1.29 is 14.4 Å². The molecule has 3 atom stereocenters. The fourth-order valence-corrected chi connectivity index (χ4v) is 6.03. The number of anilines is 1. The third-order valence-electron chi connectivity index (χ3n) is 8.25. The predicted molar refractivity (Wildman–Crippen MR) is 145 cm³/mol. The zero-order valence-electron chi connectivity index (χ0n) is 22.0. The number of hydroxylamine groups is 1. The number of imidazole rings is 1. The van der Waals surface area contributed by atoms with E-state index >= 15 is 0 Å². The third kappa shape index (κ3) is 4.81. The van der Waals surface area contributed by atoms with Crippen LogP contribution >= 0.6 is 11.6 Å². The minimum absolute atomic E-state index is 0.0906. The highest BCUT2D eigenvalue weighted by Crippen LogP contribution is 2.37. The standard InChI is InChI=1S/C27H34ClN7O3/c1-15-4-6-18(7-5-15)14-35-24-21(31-26(35)34-8-9-37-17(3)16(34)2)11-22(25-32-27(36)38-33-25)30-23(24)19-10-20(28)13-29-12-19/h10-13,15-18,25,33H,4-9,14H2,1-3H3,(H,32,36). The number of hydrogen-bond acceptors (Lipinski definition) is 8. The van der Waals surface area contributed by atoms with Gasteiger partial charge in [-0.15, -0.1) is 5.48 Å². The van der Waals surface area contributed by atoms with Crippen molar-refractivity contribution >= 4 is 34.7 Å². The minimum atomic E-state index is -0.589. The van der Waals surface area contributed by atoms with E-state index in [2.05, 4.69) is 46.0 Å². The van der Waals surface area contributed by atoms with Crippen LogP contribution in [0.15, 0.2) is 24.5 Å². The van der Waals surface area contributed by atoms with Gasteiger partial charge in [0.25, 0.3) is 0 Å². The highest BCUT2D eigenvalue weighted by atomic mass is 35.5. The fraction of sp³-hybridized carbons (Fsp3) is 0.556. The largest absolute Gasteiger partial charge is 0.427 e. The number of aromatic nitrogens is 4. The highest BCUT2D eigenvalue weighted by Gasteiger charge is 2.33. The number of nitrogens with zero attached hydrogens (tertiary/aromatic N) is 5. The van der Waals surface area contributed by atoms with Gasteiger partial charge in [-0.3, -0.25) is 10.3 Å². The molecule has 1 amide bonds. The first kappa shape index (κ1) is 25.3. The summed E-state index contributed by atoms with van der Waals surface area (Å²) in [6, 6.07) is 3.97. The van der Waals surface area contributed by atoms with E-state index in [1.54, 1.807) is 12.4 Å². The lowest BCUT2D eigenvalue weighted by atomic mass is 9.83. The number of ether oxygens (including phenoxy) is 1. The molecule has 10 nitrogen and oxygen atoms in total. The van der Waals surface area contributed by atoms with Crippen LogP contribution in [0.1, 0.15) is 58.3 Å². The van der Waals surface area contributed by atoms with Crippen molar-refractivity contribution in [2.24, 2.45) is 11.8 Å². The molecule has 38 heavy (non-hydrogen) atoms. The van der Waals surface area contributed by atoms with Crippen molar-refractivity contribution in [1.82, 2.24) is 30.3 Å². The van der Waals surface area contributed by atoms with E-state index in [9.17, 15) is 4.79 Å². The number of amides is 1. The molecule has 2 N–H and O–H groups in total. The van der Waals surface area contributed by atoms with E-state index < -0.39 is 12.3 Å². The molecule has 5 heterocycles. The van der Waals surface area contributed by atoms with Gasteiger partial charge in [0.15, 0.2) is 6.17 Å². The van der Waals surface area contributed by atoms with Crippen LogP contribution in [0.3, 0.4) is 0 Å². The molecule has 3 fully saturated rings. The minimum Gasteiger partial charge on any atom is -0.375 e. The molecule has 0 aromatic carbocycles. The van der Waals surface area contributed by atoms with Crippen LogP contribution in [0, 0.1) is 11.8 Å². The number of fused-ring (bicyclic) bond motifs is 1. The first-order valence-corrected chi connectivity index (χ1v) is 13.9. The lowest BCUT2D eigenvalue weighted by molar-refractivity contribution is 0.0274. The van der Waals surface area contributed by atoms with E-state index in [-0.39, 0.29) is 12.1 Å². The number of carbonyl (C=O) groups excluding carboxylic acids is 1. The molecular weight excluding hydrogens is 506 g/mol. The SMILES string of the molecule is CC1CCC(Cn2c(N3CCOC(C)C3C)nc3cc(C4NOC(=O)N4)nc(-c4cncc(Cl)c4)c32)CC1. The van der Waals surface area contributed by atoms with Gasteiger partial charge in [-0.25, -0.2) is 14.8 Å². The Morgan fingerprint density at radius 3 is 2.66 bits per heavy atom.